The summed E-state index contributed by atoms with van der Waals surface area (Å²) in [5.74, 6) is -0.663. The highest BCUT2D eigenvalue weighted by Gasteiger charge is 2.35. The van der Waals surface area contributed by atoms with Gasteiger partial charge < -0.3 is 9.72 Å². The largest absolute Gasteiger partial charge is 0.496 e. The fraction of sp³-hybridized carbons (Fsp3) is 0.550. The normalized spacial score (nSPS) is 23.6. The third-order valence-electron chi connectivity index (χ3n) is 5.94. The van der Waals surface area contributed by atoms with E-state index >= 15 is 0 Å². The number of piperidine rings is 1. The van der Waals surface area contributed by atoms with Gasteiger partial charge in [0.1, 0.15) is 5.75 Å². The molecule has 5 nitrogen and oxygen atoms in total. The van der Waals surface area contributed by atoms with E-state index in [-0.39, 0.29) is 0 Å². The zero-order valence-electron chi connectivity index (χ0n) is 15.8. The summed E-state index contributed by atoms with van der Waals surface area (Å²) in [7, 11) is 1.50. The van der Waals surface area contributed by atoms with Crippen LogP contribution in [-0.4, -0.2) is 52.6 Å². The van der Waals surface area contributed by atoms with Crippen LogP contribution in [0.15, 0.2) is 18.5 Å². The van der Waals surface area contributed by atoms with Gasteiger partial charge in [0.15, 0.2) is 11.6 Å². The minimum Gasteiger partial charge on any atom is -0.496 e. The van der Waals surface area contributed by atoms with Gasteiger partial charge in [-0.3, -0.25) is 9.80 Å². The number of nitrogens with zero attached hydrogens (tertiary/aromatic N) is 3. The maximum atomic E-state index is 14.4. The number of aromatic amines is 1. The number of benzene rings is 1. The van der Waals surface area contributed by atoms with Gasteiger partial charge in [-0.1, -0.05) is 0 Å². The van der Waals surface area contributed by atoms with Gasteiger partial charge in [0.05, 0.1) is 19.1 Å². The summed E-state index contributed by atoms with van der Waals surface area (Å²) in [6, 6.07) is 2.96. The number of H-pyrrole nitrogens is 1. The first kappa shape index (κ1) is 18.4. The fourth-order valence-electron chi connectivity index (χ4n) is 4.47. The first-order chi connectivity index (χ1) is 13.0. The Morgan fingerprint density at radius 2 is 2.04 bits per heavy atom. The molecule has 1 aromatic heterocycles. The SMILES string of the molecule is COc1ccc(F)c(F)c1CN1C[C@H]2CC[C@@H]1CN(Cc1nc[nH]c1C)C2. The Morgan fingerprint density at radius 3 is 2.78 bits per heavy atom. The molecule has 2 bridgehead atoms. The average Bonchev–Trinajstić information content (AvgIpc) is 2.87. The number of hydrogen-bond acceptors (Lipinski definition) is 4. The molecule has 0 unspecified atom stereocenters. The molecular weight excluding hydrogens is 350 g/mol. The first-order valence-electron chi connectivity index (χ1n) is 9.51. The van der Waals surface area contributed by atoms with Crippen molar-refractivity contribution < 1.29 is 13.5 Å². The van der Waals surface area contributed by atoms with Crippen molar-refractivity contribution in [1.29, 1.82) is 0 Å². The lowest BCUT2D eigenvalue weighted by Gasteiger charge is -2.36. The maximum Gasteiger partial charge on any atom is 0.167 e. The Labute approximate surface area is 158 Å². The molecule has 0 aliphatic carbocycles. The predicted molar refractivity (Wildman–Crippen MR) is 98.4 cm³/mol. The van der Waals surface area contributed by atoms with Crippen LogP contribution in [0.2, 0.25) is 0 Å². The molecule has 0 radical (unpaired) electrons. The van der Waals surface area contributed by atoms with E-state index in [0.717, 1.165) is 50.1 Å². The molecule has 146 valence electrons. The molecule has 7 heteroatoms. The van der Waals surface area contributed by atoms with Crippen LogP contribution in [0.5, 0.6) is 5.75 Å². The number of halogens is 2. The van der Waals surface area contributed by atoms with E-state index in [1.54, 1.807) is 6.33 Å². The Morgan fingerprint density at radius 1 is 1.19 bits per heavy atom. The number of nitrogens with one attached hydrogen (secondary N) is 1. The molecule has 2 atom stereocenters. The van der Waals surface area contributed by atoms with Crippen molar-refractivity contribution >= 4 is 0 Å². The number of imidazole rings is 1. The first-order valence-corrected chi connectivity index (χ1v) is 9.51. The Balaban J connectivity index is 1.52. The molecule has 3 aliphatic heterocycles. The van der Waals surface area contributed by atoms with Crippen molar-refractivity contribution in [2.45, 2.75) is 38.9 Å². The number of aromatic nitrogens is 2. The predicted octanol–water partition coefficient (Wildman–Crippen LogP) is 3.10. The van der Waals surface area contributed by atoms with Gasteiger partial charge in [-0.25, -0.2) is 13.8 Å². The van der Waals surface area contributed by atoms with Gasteiger partial charge in [-0.15, -0.1) is 0 Å². The van der Waals surface area contributed by atoms with Crippen LogP contribution in [0.4, 0.5) is 8.78 Å². The van der Waals surface area contributed by atoms with Crippen LogP contribution in [0.25, 0.3) is 0 Å². The molecule has 1 aromatic carbocycles. The van der Waals surface area contributed by atoms with Crippen molar-refractivity contribution in [3.05, 3.63) is 47.0 Å². The highest BCUT2D eigenvalue weighted by Crippen LogP contribution is 2.32. The van der Waals surface area contributed by atoms with Gasteiger partial charge in [-0.2, -0.15) is 0 Å². The monoisotopic (exact) mass is 376 g/mol. The summed E-state index contributed by atoms with van der Waals surface area (Å²) >= 11 is 0. The fourth-order valence-corrected chi connectivity index (χ4v) is 4.47. The molecule has 3 aliphatic rings. The zero-order chi connectivity index (χ0) is 19.0. The van der Waals surface area contributed by atoms with Crippen LogP contribution in [0.3, 0.4) is 0 Å². The van der Waals surface area contributed by atoms with Gasteiger partial charge in [0.2, 0.25) is 0 Å². The second-order valence-electron chi connectivity index (χ2n) is 7.74. The van der Waals surface area contributed by atoms with E-state index in [4.69, 9.17) is 4.74 Å². The minimum atomic E-state index is -0.818. The number of fused-ring (bicyclic) bond motifs is 4. The number of rotatable bonds is 5. The molecule has 1 N–H and O–H groups in total. The van der Waals surface area contributed by atoms with E-state index in [0.29, 0.717) is 29.8 Å². The van der Waals surface area contributed by atoms with Crippen LogP contribution >= 0.6 is 0 Å². The minimum absolute atomic E-state index is 0.319. The van der Waals surface area contributed by atoms with Crippen LogP contribution < -0.4 is 4.74 Å². The summed E-state index contributed by atoms with van der Waals surface area (Å²) in [5.41, 5.74) is 2.51. The quantitative estimate of drug-likeness (QED) is 0.871. The van der Waals surface area contributed by atoms with Crippen molar-refractivity contribution in [3.8, 4) is 5.75 Å². The second-order valence-corrected chi connectivity index (χ2v) is 7.74. The second kappa shape index (κ2) is 7.56. The molecule has 0 spiro atoms. The van der Waals surface area contributed by atoms with E-state index in [2.05, 4.69) is 19.8 Å². The Bertz CT molecular complexity index is 809. The average molecular weight is 376 g/mol. The van der Waals surface area contributed by atoms with Gasteiger partial charge in [0, 0.05) is 50.0 Å². The number of hydrogen-bond donors (Lipinski definition) is 1. The van der Waals surface area contributed by atoms with Gasteiger partial charge in [-0.05, 0) is 37.8 Å². The third-order valence-corrected chi connectivity index (χ3v) is 5.94. The lowest BCUT2D eigenvalue weighted by atomic mass is 9.94. The molecule has 2 aromatic rings. The molecule has 0 amide bonds. The highest BCUT2D eigenvalue weighted by molar-refractivity contribution is 5.35. The summed E-state index contributed by atoms with van der Waals surface area (Å²) in [6.07, 6.45) is 4.00. The zero-order valence-corrected chi connectivity index (χ0v) is 15.8. The standard InChI is InChI=1S/C20H26F2N4O/c1-13-18(24-12-23-13)11-25-7-14-3-4-15(9-25)26(8-14)10-16-19(27-2)6-5-17(21)20(16)22/h5-6,12,14-15H,3-4,7-11H2,1-2H3,(H,23,24)/t14-,15+/m0/s1. The van der Waals surface area contributed by atoms with Crippen molar-refractivity contribution in [3.63, 3.8) is 0 Å². The Kier molecular flexibility index (Phi) is 5.14. The molecular formula is C20H26F2N4O. The molecule has 27 heavy (non-hydrogen) atoms. The highest BCUT2D eigenvalue weighted by atomic mass is 19.2. The summed E-state index contributed by atoms with van der Waals surface area (Å²) in [6.45, 7) is 6.08. The third kappa shape index (κ3) is 3.71. The molecule has 3 saturated heterocycles. The number of methoxy groups -OCH3 is 1. The maximum absolute atomic E-state index is 14.4. The van der Waals surface area contributed by atoms with Gasteiger partial charge in [0.25, 0.3) is 0 Å². The van der Waals surface area contributed by atoms with E-state index in [1.165, 1.54) is 19.6 Å². The molecule has 0 saturated carbocycles. The smallest absolute Gasteiger partial charge is 0.167 e. The molecule has 5 rings (SSSR count). The summed E-state index contributed by atoms with van der Waals surface area (Å²) in [5, 5.41) is 0. The van der Waals surface area contributed by atoms with E-state index < -0.39 is 11.6 Å². The van der Waals surface area contributed by atoms with Crippen molar-refractivity contribution in [2.75, 3.05) is 26.7 Å². The summed E-state index contributed by atoms with van der Waals surface area (Å²) < 4.78 is 33.5. The van der Waals surface area contributed by atoms with Crippen molar-refractivity contribution in [1.82, 2.24) is 19.8 Å². The lowest BCUT2D eigenvalue weighted by molar-refractivity contribution is 0.120. The molecule has 3 fully saturated rings. The number of ether oxygens (including phenoxy) is 1. The summed E-state index contributed by atoms with van der Waals surface area (Å²) in [4.78, 5) is 12.3. The van der Waals surface area contributed by atoms with E-state index in [9.17, 15) is 8.78 Å². The Hall–Kier alpha value is -1.99. The number of aryl methyl sites for hydroxylation is 1. The van der Waals surface area contributed by atoms with Crippen LogP contribution in [-0.2, 0) is 13.1 Å². The molecule has 4 heterocycles. The van der Waals surface area contributed by atoms with Crippen LogP contribution in [0, 0.1) is 24.5 Å². The van der Waals surface area contributed by atoms with Gasteiger partial charge >= 0.3 is 0 Å². The lowest BCUT2D eigenvalue weighted by Crippen LogP contribution is -2.43. The van der Waals surface area contributed by atoms with Crippen molar-refractivity contribution in [2.24, 2.45) is 5.92 Å². The topological polar surface area (TPSA) is 44.4 Å². The van der Waals surface area contributed by atoms with Crippen LogP contribution in [0.1, 0.15) is 29.8 Å². The van der Waals surface area contributed by atoms with E-state index in [1.807, 2.05) is 6.92 Å².